The molecule has 1 aromatic rings. The molecule has 3 N–H and O–H groups in total. The maximum atomic E-state index is 5.73. The van der Waals surface area contributed by atoms with Crippen molar-refractivity contribution in [2.45, 2.75) is 20.3 Å². The normalized spacial score (nSPS) is 12.1. The summed E-state index contributed by atoms with van der Waals surface area (Å²) in [5.41, 5.74) is 5.73. The predicted octanol–water partition coefficient (Wildman–Crippen LogP) is 2.46. The highest BCUT2D eigenvalue weighted by atomic mass is 127. The smallest absolute Gasteiger partial charge is 0.188 e. The summed E-state index contributed by atoms with van der Waals surface area (Å²) < 4.78 is 1.33. The van der Waals surface area contributed by atoms with Gasteiger partial charge in [-0.25, -0.2) is 0 Å². The van der Waals surface area contributed by atoms with E-state index in [0.717, 1.165) is 19.5 Å². The van der Waals surface area contributed by atoms with Crippen molar-refractivity contribution in [3.63, 3.8) is 0 Å². The highest BCUT2D eigenvalue weighted by Gasteiger charge is 1.98. The van der Waals surface area contributed by atoms with E-state index in [-0.39, 0.29) is 0 Å². The number of halogens is 1. The van der Waals surface area contributed by atoms with Crippen molar-refractivity contribution in [2.75, 3.05) is 13.1 Å². The molecule has 5 heteroatoms. The third kappa shape index (κ3) is 5.69. The Morgan fingerprint density at radius 1 is 1.56 bits per heavy atom. The van der Waals surface area contributed by atoms with Gasteiger partial charge in [-0.3, -0.25) is 4.99 Å². The lowest BCUT2D eigenvalue weighted by Gasteiger charge is -2.05. The molecule has 0 radical (unpaired) electrons. The summed E-state index contributed by atoms with van der Waals surface area (Å²) in [5, 5.41) is 3.13. The first kappa shape index (κ1) is 13.8. The molecular weight excluding hydrogens is 333 g/mol. The highest BCUT2D eigenvalue weighted by molar-refractivity contribution is 14.1. The van der Waals surface area contributed by atoms with E-state index >= 15 is 0 Å². The number of hydrogen-bond acceptors (Lipinski definition) is 2. The maximum absolute atomic E-state index is 5.73. The molecule has 0 amide bonds. The van der Waals surface area contributed by atoms with Crippen LogP contribution in [0.2, 0.25) is 0 Å². The summed E-state index contributed by atoms with van der Waals surface area (Å²) in [7, 11) is 0. The topological polar surface area (TPSA) is 50.4 Å². The van der Waals surface area contributed by atoms with Crippen LogP contribution < -0.4 is 11.1 Å². The summed E-state index contributed by atoms with van der Waals surface area (Å²) in [4.78, 5) is 5.63. The van der Waals surface area contributed by atoms with Crippen LogP contribution in [0.5, 0.6) is 0 Å². The molecule has 0 unspecified atom stereocenters. The van der Waals surface area contributed by atoms with Gasteiger partial charge in [0.2, 0.25) is 0 Å². The summed E-state index contributed by atoms with van der Waals surface area (Å²) in [6, 6.07) is 4.30. The van der Waals surface area contributed by atoms with Gasteiger partial charge in [0.05, 0.1) is 2.88 Å². The fraction of sp³-hybridized carbons (Fsp3) is 0.545. The molecule has 16 heavy (non-hydrogen) atoms. The number of guanidine groups is 1. The molecular formula is C11H18IN3S. The molecule has 0 aliphatic carbocycles. The first-order chi connectivity index (χ1) is 7.58. The van der Waals surface area contributed by atoms with Crippen LogP contribution in [0.1, 0.15) is 18.7 Å². The van der Waals surface area contributed by atoms with Crippen LogP contribution in [0, 0.1) is 8.80 Å². The Balaban J connectivity index is 2.22. The van der Waals surface area contributed by atoms with E-state index in [2.05, 4.69) is 58.9 Å². The van der Waals surface area contributed by atoms with Gasteiger partial charge in [-0.15, -0.1) is 11.3 Å². The van der Waals surface area contributed by atoms with Gasteiger partial charge in [0.1, 0.15) is 0 Å². The van der Waals surface area contributed by atoms with Crippen molar-refractivity contribution in [2.24, 2.45) is 16.6 Å². The first-order valence-corrected chi connectivity index (χ1v) is 7.25. The lowest BCUT2D eigenvalue weighted by atomic mass is 10.2. The number of aliphatic imine (C=N–C) groups is 1. The Bertz CT molecular complexity index is 347. The summed E-state index contributed by atoms with van der Waals surface area (Å²) >= 11 is 4.16. The fourth-order valence-corrected chi connectivity index (χ4v) is 2.89. The molecule has 0 aliphatic rings. The van der Waals surface area contributed by atoms with Crippen LogP contribution in [-0.4, -0.2) is 19.0 Å². The van der Waals surface area contributed by atoms with Gasteiger partial charge >= 0.3 is 0 Å². The molecule has 0 spiro atoms. The number of nitrogens with two attached hydrogens (primary N) is 1. The molecule has 0 saturated heterocycles. The third-order valence-corrected chi connectivity index (χ3v) is 3.89. The Kier molecular flexibility index (Phi) is 6.12. The average molecular weight is 351 g/mol. The average Bonchev–Trinajstić information content (AvgIpc) is 2.61. The summed E-state index contributed by atoms with van der Waals surface area (Å²) in [6.45, 7) is 5.90. The van der Waals surface area contributed by atoms with Crippen LogP contribution in [-0.2, 0) is 6.42 Å². The van der Waals surface area contributed by atoms with E-state index in [1.165, 1.54) is 7.76 Å². The van der Waals surface area contributed by atoms with Gasteiger partial charge in [-0.2, -0.15) is 0 Å². The molecule has 1 heterocycles. The van der Waals surface area contributed by atoms with Gasteiger partial charge in [0.15, 0.2) is 5.96 Å². The molecule has 0 bridgehead atoms. The van der Waals surface area contributed by atoms with Crippen LogP contribution >= 0.6 is 33.9 Å². The molecule has 1 rings (SSSR count). The van der Waals surface area contributed by atoms with Crippen molar-refractivity contribution in [3.8, 4) is 0 Å². The Morgan fingerprint density at radius 2 is 2.31 bits per heavy atom. The van der Waals surface area contributed by atoms with Crippen LogP contribution in [0.25, 0.3) is 0 Å². The molecule has 0 saturated carbocycles. The lowest BCUT2D eigenvalue weighted by molar-refractivity contribution is 0.661. The second kappa shape index (κ2) is 7.11. The molecule has 0 atom stereocenters. The van der Waals surface area contributed by atoms with Crippen molar-refractivity contribution >= 4 is 39.9 Å². The van der Waals surface area contributed by atoms with Gasteiger partial charge in [0.25, 0.3) is 0 Å². The second-order valence-electron chi connectivity index (χ2n) is 4.00. The van der Waals surface area contributed by atoms with E-state index in [1.54, 1.807) is 0 Å². The standard InChI is InChI=1S/C11H18IN3S/c1-8(2)7-15-11(13)14-6-5-9-3-4-10(12)16-9/h3-4,8H,5-7H2,1-2H3,(H3,13,14,15). The van der Waals surface area contributed by atoms with Crippen molar-refractivity contribution < 1.29 is 0 Å². The zero-order valence-electron chi connectivity index (χ0n) is 9.66. The molecule has 0 fully saturated rings. The SMILES string of the molecule is CC(C)CN=C(N)NCCc1ccc(I)s1. The fourth-order valence-electron chi connectivity index (χ4n) is 1.14. The number of rotatable bonds is 5. The molecule has 90 valence electrons. The van der Waals surface area contributed by atoms with E-state index < -0.39 is 0 Å². The zero-order valence-corrected chi connectivity index (χ0v) is 12.6. The summed E-state index contributed by atoms with van der Waals surface area (Å²) in [6.07, 6.45) is 1.01. The highest BCUT2D eigenvalue weighted by Crippen LogP contribution is 2.18. The number of nitrogens with zero attached hydrogens (tertiary/aromatic N) is 1. The number of hydrogen-bond donors (Lipinski definition) is 2. The minimum Gasteiger partial charge on any atom is -0.370 e. The van der Waals surface area contributed by atoms with E-state index in [0.29, 0.717) is 11.9 Å². The van der Waals surface area contributed by atoms with E-state index in [1.807, 2.05) is 11.3 Å². The Labute approximate surface area is 115 Å². The lowest BCUT2D eigenvalue weighted by Crippen LogP contribution is -2.33. The second-order valence-corrected chi connectivity index (χ2v) is 7.06. The van der Waals surface area contributed by atoms with Gasteiger partial charge < -0.3 is 11.1 Å². The summed E-state index contributed by atoms with van der Waals surface area (Å²) in [5.74, 6) is 1.11. The predicted molar refractivity (Wildman–Crippen MR) is 80.1 cm³/mol. The quantitative estimate of drug-likeness (QED) is 0.486. The number of nitrogens with one attached hydrogen (secondary N) is 1. The first-order valence-electron chi connectivity index (χ1n) is 5.36. The minimum absolute atomic E-state index is 0.555. The molecule has 0 aliphatic heterocycles. The Hall–Kier alpha value is -0.300. The van der Waals surface area contributed by atoms with Gasteiger partial charge in [0, 0.05) is 18.0 Å². The van der Waals surface area contributed by atoms with Crippen LogP contribution in [0.15, 0.2) is 17.1 Å². The molecule has 3 nitrogen and oxygen atoms in total. The monoisotopic (exact) mass is 351 g/mol. The van der Waals surface area contributed by atoms with Crippen LogP contribution in [0.4, 0.5) is 0 Å². The van der Waals surface area contributed by atoms with Gasteiger partial charge in [-0.1, -0.05) is 13.8 Å². The van der Waals surface area contributed by atoms with E-state index in [9.17, 15) is 0 Å². The minimum atomic E-state index is 0.555. The number of thiophene rings is 1. The van der Waals surface area contributed by atoms with E-state index in [4.69, 9.17) is 5.73 Å². The van der Waals surface area contributed by atoms with Gasteiger partial charge in [-0.05, 0) is 47.1 Å². The molecule has 1 aromatic heterocycles. The maximum Gasteiger partial charge on any atom is 0.188 e. The van der Waals surface area contributed by atoms with Crippen molar-refractivity contribution in [3.05, 3.63) is 19.9 Å². The van der Waals surface area contributed by atoms with Crippen molar-refractivity contribution in [1.82, 2.24) is 5.32 Å². The van der Waals surface area contributed by atoms with Crippen molar-refractivity contribution in [1.29, 1.82) is 0 Å². The largest absolute Gasteiger partial charge is 0.370 e. The molecule has 0 aromatic carbocycles. The Morgan fingerprint density at radius 3 is 2.88 bits per heavy atom. The zero-order chi connectivity index (χ0) is 12.0. The van der Waals surface area contributed by atoms with Crippen LogP contribution in [0.3, 0.4) is 0 Å². The third-order valence-electron chi connectivity index (χ3n) is 1.93.